The van der Waals surface area contributed by atoms with Crippen molar-refractivity contribution in [2.75, 3.05) is 19.6 Å². The van der Waals surface area contributed by atoms with E-state index in [1.807, 2.05) is 17.9 Å². The number of aliphatic imine (C=N–C) groups is 1. The Morgan fingerprint density at radius 1 is 1.21 bits per heavy atom. The Bertz CT molecular complexity index is 953. The highest BCUT2D eigenvalue weighted by molar-refractivity contribution is 5.86. The van der Waals surface area contributed by atoms with E-state index in [-0.39, 0.29) is 0 Å². The van der Waals surface area contributed by atoms with Gasteiger partial charge in [-0.05, 0) is 47.6 Å². The molecular formula is C23H29N5. The van der Waals surface area contributed by atoms with Crippen molar-refractivity contribution in [1.82, 2.24) is 20.0 Å². The van der Waals surface area contributed by atoms with Gasteiger partial charge in [0.05, 0.1) is 12.7 Å². The second-order valence-electron chi connectivity index (χ2n) is 7.64. The molecular weight excluding hydrogens is 346 g/mol. The maximum atomic E-state index is 4.98. The van der Waals surface area contributed by atoms with Gasteiger partial charge in [-0.15, -0.1) is 0 Å². The lowest BCUT2D eigenvalue weighted by Gasteiger charge is -2.22. The molecule has 1 aliphatic heterocycles. The van der Waals surface area contributed by atoms with Gasteiger partial charge in [0, 0.05) is 32.9 Å². The fourth-order valence-corrected chi connectivity index (χ4v) is 4.12. The lowest BCUT2D eigenvalue weighted by molar-refractivity contribution is 0.460. The smallest absolute Gasteiger partial charge is 0.194 e. The summed E-state index contributed by atoms with van der Waals surface area (Å²) in [6.45, 7) is 5.84. The Morgan fingerprint density at radius 2 is 2.07 bits per heavy atom. The molecule has 0 amide bonds. The largest absolute Gasteiger partial charge is 0.357 e. The van der Waals surface area contributed by atoms with Crippen LogP contribution in [0.2, 0.25) is 0 Å². The van der Waals surface area contributed by atoms with Crippen LogP contribution in [-0.2, 0) is 20.0 Å². The fraction of sp³-hybridized carbons (Fsp3) is 0.391. The quantitative estimate of drug-likeness (QED) is 0.547. The van der Waals surface area contributed by atoms with Gasteiger partial charge in [-0.1, -0.05) is 42.5 Å². The molecule has 5 nitrogen and oxygen atoms in total. The van der Waals surface area contributed by atoms with Gasteiger partial charge >= 0.3 is 0 Å². The third kappa shape index (κ3) is 4.19. The molecule has 1 fully saturated rings. The van der Waals surface area contributed by atoms with Crippen LogP contribution in [0.5, 0.6) is 0 Å². The number of aryl methyl sites for hydroxylation is 1. The monoisotopic (exact) mass is 375 g/mol. The molecule has 1 aliphatic rings. The van der Waals surface area contributed by atoms with Crippen molar-refractivity contribution < 1.29 is 0 Å². The summed E-state index contributed by atoms with van der Waals surface area (Å²) in [7, 11) is 1.98. The third-order valence-electron chi connectivity index (χ3n) is 5.48. The molecule has 2 heterocycles. The van der Waals surface area contributed by atoms with E-state index >= 15 is 0 Å². The summed E-state index contributed by atoms with van der Waals surface area (Å²) in [6.07, 6.45) is 6.41. The number of rotatable bonds is 5. The zero-order chi connectivity index (χ0) is 19.3. The summed E-state index contributed by atoms with van der Waals surface area (Å²) in [4.78, 5) is 7.39. The summed E-state index contributed by atoms with van der Waals surface area (Å²) < 4.78 is 1.89. The molecule has 4 rings (SSSR count). The van der Waals surface area contributed by atoms with Gasteiger partial charge in [-0.3, -0.25) is 4.68 Å². The minimum atomic E-state index is 0.658. The van der Waals surface area contributed by atoms with Gasteiger partial charge in [0.2, 0.25) is 0 Å². The molecule has 0 radical (unpaired) electrons. The molecule has 2 aromatic carbocycles. The second kappa shape index (κ2) is 8.46. The standard InChI is InChI=1S/C23H29N5/c1-3-24-23(25-15-21-9-6-8-20-7-4-5-10-22(20)21)28-12-11-18(17-28)13-19-14-26-27(2)16-19/h4-10,14,16,18H,3,11-13,15,17H2,1-2H3,(H,24,25). The lowest BCUT2D eigenvalue weighted by atomic mass is 10.0. The first-order chi connectivity index (χ1) is 13.7. The molecule has 146 valence electrons. The van der Waals surface area contributed by atoms with Crippen LogP contribution >= 0.6 is 0 Å². The van der Waals surface area contributed by atoms with Gasteiger partial charge in [0.25, 0.3) is 0 Å². The van der Waals surface area contributed by atoms with Gasteiger partial charge < -0.3 is 10.2 Å². The number of guanidine groups is 1. The van der Waals surface area contributed by atoms with Crippen molar-refractivity contribution in [3.63, 3.8) is 0 Å². The van der Waals surface area contributed by atoms with Crippen LogP contribution in [0.1, 0.15) is 24.5 Å². The van der Waals surface area contributed by atoms with Crippen LogP contribution in [-0.4, -0.2) is 40.3 Å². The van der Waals surface area contributed by atoms with E-state index in [1.54, 1.807) is 0 Å². The van der Waals surface area contributed by atoms with E-state index < -0.39 is 0 Å². The Hall–Kier alpha value is -2.82. The Morgan fingerprint density at radius 3 is 2.89 bits per heavy atom. The van der Waals surface area contributed by atoms with Gasteiger partial charge in [-0.2, -0.15) is 5.10 Å². The van der Waals surface area contributed by atoms with Gasteiger partial charge in [0.15, 0.2) is 5.96 Å². The van der Waals surface area contributed by atoms with Gasteiger partial charge in [0.1, 0.15) is 0 Å². The van der Waals surface area contributed by atoms with E-state index in [9.17, 15) is 0 Å². The molecule has 0 aliphatic carbocycles. The summed E-state index contributed by atoms with van der Waals surface area (Å²) in [5.41, 5.74) is 2.60. The number of benzene rings is 2. The molecule has 1 N–H and O–H groups in total. The highest BCUT2D eigenvalue weighted by Crippen LogP contribution is 2.22. The predicted molar refractivity (Wildman–Crippen MR) is 115 cm³/mol. The second-order valence-corrected chi connectivity index (χ2v) is 7.64. The molecule has 0 spiro atoms. The zero-order valence-electron chi connectivity index (χ0n) is 16.8. The summed E-state index contributed by atoms with van der Waals surface area (Å²) in [5.74, 6) is 1.69. The van der Waals surface area contributed by atoms with E-state index in [0.717, 1.165) is 32.0 Å². The summed E-state index contributed by atoms with van der Waals surface area (Å²) in [6, 6.07) is 15.0. The highest BCUT2D eigenvalue weighted by atomic mass is 15.3. The number of aromatic nitrogens is 2. The Balaban J connectivity index is 1.46. The first-order valence-corrected chi connectivity index (χ1v) is 10.2. The van der Waals surface area contributed by atoms with Crippen LogP contribution in [0, 0.1) is 5.92 Å². The Kier molecular flexibility index (Phi) is 5.60. The minimum absolute atomic E-state index is 0.658. The number of nitrogens with zero attached hydrogens (tertiary/aromatic N) is 4. The number of hydrogen-bond donors (Lipinski definition) is 1. The van der Waals surface area contributed by atoms with Crippen LogP contribution in [0.3, 0.4) is 0 Å². The number of fused-ring (bicyclic) bond motifs is 1. The minimum Gasteiger partial charge on any atom is -0.357 e. The third-order valence-corrected chi connectivity index (χ3v) is 5.48. The topological polar surface area (TPSA) is 45.5 Å². The first kappa shape index (κ1) is 18.5. The molecule has 0 bridgehead atoms. The first-order valence-electron chi connectivity index (χ1n) is 10.2. The van der Waals surface area contributed by atoms with Crippen molar-refractivity contribution in [2.24, 2.45) is 18.0 Å². The van der Waals surface area contributed by atoms with Crippen LogP contribution < -0.4 is 5.32 Å². The maximum absolute atomic E-state index is 4.98. The van der Waals surface area contributed by atoms with Crippen molar-refractivity contribution in [3.8, 4) is 0 Å². The number of hydrogen-bond acceptors (Lipinski definition) is 2. The molecule has 3 aromatic rings. The van der Waals surface area contributed by atoms with Crippen LogP contribution in [0.25, 0.3) is 10.8 Å². The average molecular weight is 376 g/mol. The van der Waals surface area contributed by atoms with Crippen molar-refractivity contribution >= 4 is 16.7 Å². The molecule has 1 saturated heterocycles. The van der Waals surface area contributed by atoms with E-state index in [0.29, 0.717) is 12.5 Å². The van der Waals surface area contributed by atoms with Gasteiger partial charge in [-0.25, -0.2) is 4.99 Å². The SMILES string of the molecule is CCNC(=NCc1cccc2ccccc12)N1CCC(Cc2cnn(C)c2)C1. The summed E-state index contributed by atoms with van der Waals surface area (Å²) in [5, 5.41) is 10.4. The Labute approximate surface area is 167 Å². The number of nitrogens with one attached hydrogen (secondary N) is 1. The highest BCUT2D eigenvalue weighted by Gasteiger charge is 2.25. The molecule has 1 atom stereocenters. The number of likely N-dealkylation sites (tertiary alicyclic amines) is 1. The maximum Gasteiger partial charge on any atom is 0.194 e. The van der Waals surface area contributed by atoms with Crippen LogP contribution in [0.4, 0.5) is 0 Å². The van der Waals surface area contributed by atoms with Crippen molar-refractivity contribution in [3.05, 3.63) is 66.0 Å². The molecule has 0 saturated carbocycles. The van der Waals surface area contributed by atoms with E-state index in [1.165, 1.54) is 28.3 Å². The molecule has 1 aromatic heterocycles. The van der Waals surface area contributed by atoms with Crippen molar-refractivity contribution in [2.45, 2.75) is 26.3 Å². The molecule has 1 unspecified atom stereocenters. The fourth-order valence-electron chi connectivity index (χ4n) is 4.12. The van der Waals surface area contributed by atoms with E-state index in [4.69, 9.17) is 4.99 Å². The molecule has 28 heavy (non-hydrogen) atoms. The normalized spacial score (nSPS) is 17.4. The van der Waals surface area contributed by atoms with E-state index in [2.05, 4.69) is 70.9 Å². The van der Waals surface area contributed by atoms with Crippen LogP contribution in [0.15, 0.2) is 59.9 Å². The van der Waals surface area contributed by atoms with Crippen molar-refractivity contribution in [1.29, 1.82) is 0 Å². The molecule has 5 heteroatoms. The zero-order valence-corrected chi connectivity index (χ0v) is 16.8. The predicted octanol–water partition coefficient (Wildman–Crippen LogP) is 3.60. The lowest BCUT2D eigenvalue weighted by Crippen LogP contribution is -2.40. The average Bonchev–Trinajstić information content (AvgIpc) is 3.34. The summed E-state index contributed by atoms with van der Waals surface area (Å²) >= 11 is 0.